The summed E-state index contributed by atoms with van der Waals surface area (Å²) in [6, 6.07) is 4.18. The molecule has 2 aliphatic heterocycles. The number of aromatic nitrogens is 6. The van der Waals surface area contributed by atoms with Crippen molar-refractivity contribution in [1.82, 2.24) is 34.7 Å². The Balaban J connectivity index is 1.34. The maximum Gasteiger partial charge on any atom is 0.257 e. The van der Waals surface area contributed by atoms with Gasteiger partial charge in [0.05, 0.1) is 24.3 Å². The molecule has 28 heavy (non-hydrogen) atoms. The van der Waals surface area contributed by atoms with E-state index in [9.17, 15) is 4.79 Å². The molecule has 9 nitrogen and oxygen atoms in total. The first-order valence-corrected chi connectivity index (χ1v) is 9.94. The van der Waals surface area contributed by atoms with Crippen LogP contribution >= 0.6 is 0 Å². The average molecular weight is 380 g/mol. The summed E-state index contributed by atoms with van der Waals surface area (Å²) in [5.41, 5.74) is 2.73. The van der Waals surface area contributed by atoms with Crippen LogP contribution in [0.3, 0.4) is 0 Å². The highest BCUT2D eigenvalue weighted by molar-refractivity contribution is 6.01. The van der Waals surface area contributed by atoms with Crippen molar-refractivity contribution in [3.63, 3.8) is 0 Å². The van der Waals surface area contributed by atoms with E-state index in [1.165, 1.54) is 23.3 Å². The van der Waals surface area contributed by atoms with E-state index in [0.29, 0.717) is 18.7 Å². The first kappa shape index (κ1) is 17.2. The van der Waals surface area contributed by atoms with Crippen LogP contribution in [0.5, 0.6) is 0 Å². The van der Waals surface area contributed by atoms with Crippen LogP contribution in [-0.2, 0) is 7.05 Å². The molecule has 146 valence electrons. The molecule has 2 saturated heterocycles. The Morgan fingerprint density at radius 2 is 1.93 bits per heavy atom. The average Bonchev–Trinajstić information content (AvgIpc) is 3.47. The molecule has 2 aliphatic rings. The number of fused-ring (bicyclic) bond motifs is 1. The minimum atomic E-state index is 0.0547. The lowest BCUT2D eigenvalue weighted by atomic mass is 9.96. The number of anilines is 1. The second-order valence-electron chi connectivity index (χ2n) is 7.67. The lowest BCUT2D eigenvalue weighted by Gasteiger charge is -2.30. The Bertz CT molecular complexity index is 994. The van der Waals surface area contributed by atoms with Crippen molar-refractivity contribution in [2.24, 2.45) is 7.05 Å². The number of piperidine rings is 1. The van der Waals surface area contributed by atoms with Crippen LogP contribution in [-0.4, -0.2) is 66.8 Å². The molecule has 9 heteroatoms. The molecule has 2 fully saturated rings. The summed E-state index contributed by atoms with van der Waals surface area (Å²) in [5.74, 6) is 1.10. The fourth-order valence-electron chi connectivity index (χ4n) is 4.28. The van der Waals surface area contributed by atoms with E-state index >= 15 is 0 Å². The van der Waals surface area contributed by atoms with Gasteiger partial charge in [0.1, 0.15) is 0 Å². The SMILES string of the molecule is Cn1nnc(C2CCN(C(=O)c3cnn4ccc(N5CCCC5)cc34)CC2)n1. The second-order valence-corrected chi connectivity index (χ2v) is 7.67. The van der Waals surface area contributed by atoms with Gasteiger partial charge in [-0.2, -0.15) is 9.90 Å². The molecule has 0 N–H and O–H groups in total. The van der Waals surface area contributed by atoms with Crippen LogP contribution in [0.4, 0.5) is 5.69 Å². The molecular weight excluding hydrogens is 356 g/mol. The molecule has 0 spiro atoms. The Morgan fingerprint density at radius 3 is 2.64 bits per heavy atom. The number of amides is 1. The predicted octanol–water partition coefficient (Wildman–Crippen LogP) is 1.48. The number of carbonyl (C=O) groups excluding carboxylic acids is 1. The third-order valence-corrected chi connectivity index (χ3v) is 5.88. The van der Waals surface area contributed by atoms with Gasteiger partial charge in [-0.3, -0.25) is 4.79 Å². The maximum atomic E-state index is 13.2. The topological polar surface area (TPSA) is 84.5 Å². The number of likely N-dealkylation sites (tertiary alicyclic amines) is 1. The molecule has 5 heterocycles. The number of hydrogen-bond donors (Lipinski definition) is 0. The van der Waals surface area contributed by atoms with E-state index in [2.05, 4.69) is 37.5 Å². The molecule has 0 bridgehead atoms. The van der Waals surface area contributed by atoms with Gasteiger partial charge in [-0.25, -0.2) is 4.52 Å². The molecule has 0 atom stereocenters. The van der Waals surface area contributed by atoms with Gasteiger partial charge in [-0.15, -0.1) is 10.2 Å². The Morgan fingerprint density at radius 1 is 1.14 bits per heavy atom. The molecule has 0 radical (unpaired) electrons. The fourth-order valence-corrected chi connectivity index (χ4v) is 4.28. The molecule has 5 rings (SSSR count). The zero-order valence-electron chi connectivity index (χ0n) is 16.0. The van der Waals surface area contributed by atoms with E-state index in [0.717, 1.165) is 37.3 Å². The summed E-state index contributed by atoms with van der Waals surface area (Å²) in [4.78, 5) is 19.0. The molecule has 0 saturated carbocycles. The van der Waals surface area contributed by atoms with Gasteiger partial charge in [0.15, 0.2) is 5.82 Å². The second kappa shape index (κ2) is 6.88. The minimum Gasteiger partial charge on any atom is -0.371 e. The van der Waals surface area contributed by atoms with Crippen LogP contribution < -0.4 is 4.90 Å². The molecular formula is C19H24N8O. The predicted molar refractivity (Wildman–Crippen MR) is 103 cm³/mol. The van der Waals surface area contributed by atoms with Crippen molar-refractivity contribution >= 4 is 17.1 Å². The molecule has 0 aromatic carbocycles. The Hall–Kier alpha value is -2.97. The van der Waals surface area contributed by atoms with Crippen molar-refractivity contribution in [1.29, 1.82) is 0 Å². The van der Waals surface area contributed by atoms with Crippen molar-refractivity contribution in [3.8, 4) is 0 Å². The van der Waals surface area contributed by atoms with E-state index in [1.54, 1.807) is 17.8 Å². The van der Waals surface area contributed by atoms with E-state index in [-0.39, 0.29) is 11.8 Å². The van der Waals surface area contributed by atoms with Crippen molar-refractivity contribution < 1.29 is 4.79 Å². The van der Waals surface area contributed by atoms with Crippen LogP contribution in [0.2, 0.25) is 0 Å². The number of hydrogen-bond acceptors (Lipinski definition) is 6. The first-order valence-electron chi connectivity index (χ1n) is 9.94. The third kappa shape index (κ3) is 3.00. The zero-order chi connectivity index (χ0) is 19.1. The fraction of sp³-hybridized carbons (Fsp3) is 0.526. The van der Waals surface area contributed by atoms with E-state index < -0.39 is 0 Å². The highest BCUT2D eigenvalue weighted by Gasteiger charge is 2.28. The summed E-state index contributed by atoms with van der Waals surface area (Å²) in [6.45, 7) is 3.56. The maximum absolute atomic E-state index is 13.2. The molecule has 3 aromatic rings. The lowest BCUT2D eigenvalue weighted by Crippen LogP contribution is -2.38. The largest absolute Gasteiger partial charge is 0.371 e. The van der Waals surface area contributed by atoms with Gasteiger partial charge in [-0.1, -0.05) is 0 Å². The molecule has 0 aliphatic carbocycles. The Labute approximate surface area is 162 Å². The van der Waals surface area contributed by atoms with Crippen LogP contribution in [0.25, 0.3) is 5.52 Å². The normalized spacial score (nSPS) is 18.3. The summed E-state index contributed by atoms with van der Waals surface area (Å²) in [5, 5.41) is 16.8. The van der Waals surface area contributed by atoms with Gasteiger partial charge >= 0.3 is 0 Å². The van der Waals surface area contributed by atoms with Crippen molar-refractivity contribution in [2.45, 2.75) is 31.6 Å². The summed E-state index contributed by atoms with van der Waals surface area (Å²) >= 11 is 0. The number of nitrogens with zero attached hydrogens (tertiary/aromatic N) is 8. The van der Waals surface area contributed by atoms with Crippen molar-refractivity contribution in [3.05, 3.63) is 35.9 Å². The van der Waals surface area contributed by atoms with Crippen LogP contribution in [0.1, 0.15) is 47.8 Å². The smallest absolute Gasteiger partial charge is 0.257 e. The number of tetrazole rings is 1. The zero-order valence-corrected chi connectivity index (χ0v) is 16.0. The number of aryl methyl sites for hydroxylation is 1. The molecule has 1 amide bonds. The summed E-state index contributed by atoms with van der Waals surface area (Å²) in [6.07, 6.45) is 7.82. The van der Waals surface area contributed by atoms with E-state index in [1.807, 2.05) is 11.1 Å². The minimum absolute atomic E-state index is 0.0547. The number of rotatable bonds is 3. The highest BCUT2D eigenvalue weighted by atomic mass is 16.2. The molecule has 3 aromatic heterocycles. The lowest BCUT2D eigenvalue weighted by molar-refractivity contribution is 0.0713. The number of pyridine rings is 1. The van der Waals surface area contributed by atoms with Gasteiger partial charge in [0.25, 0.3) is 5.91 Å². The van der Waals surface area contributed by atoms with Crippen molar-refractivity contribution in [2.75, 3.05) is 31.1 Å². The monoisotopic (exact) mass is 380 g/mol. The first-order chi connectivity index (χ1) is 13.7. The Kier molecular flexibility index (Phi) is 4.22. The summed E-state index contributed by atoms with van der Waals surface area (Å²) < 4.78 is 1.79. The van der Waals surface area contributed by atoms with Crippen LogP contribution in [0, 0.1) is 0 Å². The van der Waals surface area contributed by atoms with E-state index in [4.69, 9.17) is 0 Å². The number of carbonyl (C=O) groups is 1. The van der Waals surface area contributed by atoms with Gasteiger partial charge in [0.2, 0.25) is 0 Å². The quantitative estimate of drug-likeness (QED) is 0.684. The third-order valence-electron chi connectivity index (χ3n) is 5.88. The van der Waals surface area contributed by atoms with Crippen LogP contribution in [0.15, 0.2) is 24.5 Å². The van der Waals surface area contributed by atoms with Gasteiger partial charge in [-0.05, 0) is 43.0 Å². The van der Waals surface area contributed by atoms with Gasteiger partial charge < -0.3 is 9.80 Å². The highest BCUT2D eigenvalue weighted by Crippen LogP contribution is 2.28. The van der Waals surface area contributed by atoms with Gasteiger partial charge in [0, 0.05) is 44.0 Å². The molecule has 0 unspecified atom stereocenters. The summed E-state index contributed by atoms with van der Waals surface area (Å²) in [7, 11) is 1.77. The standard InChI is InChI=1S/C19H24N8O/c1-24-22-18(21-23-24)14-4-9-26(10-5-14)19(28)16-13-20-27-11-6-15(12-17(16)27)25-7-2-3-8-25/h6,11-14H,2-5,7-10H2,1H3.